The fraction of sp³-hybridized carbons (Fsp3) is 0.250. The monoisotopic (exact) mass is 208 g/mol. The molecule has 0 bridgehead atoms. The molecule has 1 rings (SSSR count). The second-order valence-electron chi connectivity index (χ2n) is 3.06. The molecule has 0 spiro atoms. The summed E-state index contributed by atoms with van der Waals surface area (Å²) in [4.78, 5) is 11.4. The van der Waals surface area contributed by atoms with E-state index in [9.17, 15) is 9.18 Å². The van der Waals surface area contributed by atoms with Crippen LogP contribution in [0.1, 0.15) is 16.8 Å². The lowest BCUT2D eigenvalue weighted by atomic mass is 10.1. The van der Waals surface area contributed by atoms with Crippen LogP contribution < -0.4 is 0 Å². The standard InChI is InChI=1S/C12H13FO2/c1-2-3-7-15-9-12(14)10-5-4-6-11(13)8-10/h2,4-6,8H,1,3,7,9H2. The average Bonchev–Trinajstić information content (AvgIpc) is 2.24. The molecule has 0 fully saturated rings. The molecule has 0 amide bonds. The number of ketones is 1. The summed E-state index contributed by atoms with van der Waals surface area (Å²) in [5.41, 5.74) is 0.341. The number of hydrogen-bond acceptors (Lipinski definition) is 2. The second-order valence-corrected chi connectivity index (χ2v) is 3.06. The van der Waals surface area contributed by atoms with E-state index in [1.54, 1.807) is 12.1 Å². The molecule has 0 radical (unpaired) electrons. The molecular weight excluding hydrogens is 195 g/mol. The predicted molar refractivity (Wildman–Crippen MR) is 56.4 cm³/mol. The van der Waals surface area contributed by atoms with Crippen molar-refractivity contribution < 1.29 is 13.9 Å². The van der Waals surface area contributed by atoms with Crippen LogP contribution in [-0.4, -0.2) is 19.0 Å². The van der Waals surface area contributed by atoms with Gasteiger partial charge in [0.05, 0.1) is 6.61 Å². The molecule has 0 aliphatic rings. The van der Waals surface area contributed by atoms with Gasteiger partial charge in [-0.05, 0) is 18.6 Å². The highest BCUT2D eigenvalue weighted by atomic mass is 19.1. The van der Waals surface area contributed by atoms with E-state index in [0.29, 0.717) is 18.6 Å². The van der Waals surface area contributed by atoms with Gasteiger partial charge in [-0.25, -0.2) is 4.39 Å². The summed E-state index contributed by atoms with van der Waals surface area (Å²) in [6.45, 7) is 3.98. The van der Waals surface area contributed by atoms with Crippen molar-refractivity contribution in [3.8, 4) is 0 Å². The number of Topliss-reactive ketones (excluding diaryl/α,β-unsaturated/α-hetero) is 1. The summed E-state index contributed by atoms with van der Waals surface area (Å²) in [6, 6.07) is 5.59. The summed E-state index contributed by atoms with van der Waals surface area (Å²) >= 11 is 0. The van der Waals surface area contributed by atoms with Crippen LogP contribution in [-0.2, 0) is 4.74 Å². The van der Waals surface area contributed by atoms with Gasteiger partial charge in [0.15, 0.2) is 5.78 Å². The lowest BCUT2D eigenvalue weighted by Gasteiger charge is -2.02. The third kappa shape index (κ3) is 4.04. The van der Waals surface area contributed by atoms with Gasteiger partial charge in [0, 0.05) is 5.56 Å². The molecular formula is C12H13FO2. The SMILES string of the molecule is C=CCCOCC(=O)c1cccc(F)c1. The van der Waals surface area contributed by atoms with Crippen molar-refractivity contribution >= 4 is 5.78 Å². The molecule has 0 saturated heterocycles. The average molecular weight is 208 g/mol. The van der Waals surface area contributed by atoms with E-state index in [2.05, 4.69) is 6.58 Å². The molecule has 3 heteroatoms. The third-order valence-electron chi connectivity index (χ3n) is 1.85. The topological polar surface area (TPSA) is 26.3 Å². The maximum absolute atomic E-state index is 12.8. The lowest BCUT2D eigenvalue weighted by Crippen LogP contribution is -2.09. The molecule has 15 heavy (non-hydrogen) atoms. The maximum atomic E-state index is 12.8. The Labute approximate surface area is 88.4 Å². The van der Waals surface area contributed by atoms with E-state index in [-0.39, 0.29) is 12.4 Å². The van der Waals surface area contributed by atoms with Crippen LogP contribution in [0.4, 0.5) is 4.39 Å². The minimum atomic E-state index is -0.410. The smallest absolute Gasteiger partial charge is 0.188 e. The number of hydrogen-bond donors (Lipinski definition) is 0. The first-order chi connectivity index (χ1) is 7.24. The van der Waals surface area contributed by atoms with Gasteiger partial charge in [0.2, 0.25) is 0 Å². The fourth-order valence-electron chi connectivity index (χ4n) is 1.08. The van der Waals surface area contributed by atoms with Crippen LogP contribution >= 0.6 is 0 Å². The molecule has 1 aromatic carbocycles. The zero-order valence-electron chi connectivity index (χ0n) is 8.41. The van der Waals surface area contributed by atoms with E-state index in [1.165, 1.54) is 18.2 Å². The predicted octanol–water partition coefficient (Wildman–Crippen LogP) is 2.60. The van der Waals surface area contributed by atoms with Crippen LogP contribution in [0.2, 0.25) is 0 Å². The first kappa shape index (κ1) is 11.6. The van der Waals surface area contributed by atoms with Crippen molar-refractivity contribution in [3.63, 3.8) is 0 Å². The minimum absolute atomic E-state index is 0.0166. The van der Waals surface area contributed by atoms with Crippen molar-refractivity contribution in [1.29, 1.82) is 0 Å². The van der Waals surface area contributed by atoms with Gasteiger partial charge >= 0.3 is 0 Å². The van der Waals surface area contributed by atoms with Gasteiger partial charge in [-0.2, -0.15) is 0 Å². The second kappa shape index (κ2) is 6.09. The zero-order chi connectivity index (χ0) is 11.1. The highest BCUT2D eigenvalue weighted by Gasteiger charge is 2.05. The number of rotatable bonds is 6. The molecule has 0 atom stereocenters. The molecule has 0 aliphatic heterocycles. The molecule has 0 N–H and O–H groups in total. The van der Waals surface area contributed by atoms with E-state index < -0.39 is 5.82 Å². The Bertz CT molecular complexity index is 347. The van der Waals surface area contributed by atoms with Gasteiger partial charge in [-0.15, -0.1) is 6.58 Å². The van der Waals surface area contributed by atoms with Crippen molar-refractivity contribution in [2.45, 2.75) is 6.42 Å². The molecule has 0 heterocycles. The Balaban J connectivity index is 2.43. The number of carbonyl (C=O) groups is 1. The summed E-state index contributed by atoms with van der Waals surface area (Å²) in [5.74, 6) is -0.620. The molecule has 0 saturated carbocycles. The molecule has 2 nitrogen and oxygen atoms in total. The Morgan fingerprint density at radius 2 is 2.33 bits per heavy atom. The largest absolute Gasteiger partial charge is 0.373 e. The first-order valence-corrected chi connectivity index (χ1v) is 4.71. The van der Waals surface area contributed by atoms with Crippen molar-refractivity contribution in [2.24, 2.45) is 0 Å². The van der Waals surface area contributed by atoms with Gasteiger partial charge in [0.25, 0.3) is 0 Å². The van der Waals surface area contributed by atoms with Crippen LogP contribution in [0, 0.1) is 5.82 Å². The summed E-state index contributed by atoms with van der Waals surface area (Å²) in [7, 11) is 0. The number of benzene rings is 1. The Hall–Kier alpha value is -1.48. The Kier molecular flexibility index (Phi) is 4.71. The van der Waals surface area contributed by atoms with Crippen molar-refractivity contribution in [1.82, 2.24) is 0 Å². The molecule has 0 unspecified atom stereocenters. The summed E-state index contributed by atoms with van der Waals surface area (Å²) in [6.07, 6.45) is 2.42. The lowest BCUT2D eigenvalue weighted by molar-refractivity contribution is 0.0768. The van der Waals surface area contributed by atoms with Gasteiger partial charge in [0.1, 0.15) is 12.4 Å². The van der Waals surface area contributed by atoms with E-state index in [1.807, 2.05) is 0 Å². The van der Waals surface area contributed by atoms with Crippen LogP contribution in [0.5, 0.6) is 0 Å². The highest BCUT2D eigenvalue weighted by Crippen LogP contribution is 2.04. The molecule has 1 aromatic rings. The number of carbonyl (C=O) groups excluding carboxylic acids is 1. The molecule has 80 valence electrons. The third-order valence-corrected chi connectivity index (χ3v) is 1.85. The van der Waals surface area contributed by atoms with Crippen LogP contribution in [0.25, 0.3) is 0 Å². The van der Waals surface area contributed by atoms with Gasteiger partial charge in [-0.3, -0.25) is 4.79 Å². The van der Waals surface area contributed by atoms with Crippen molar-refractivity contribution in [3.05, 3.63) is 48.3 Å². The van der Waals surface area contributed by atoms with Crippen LogP contribution in [0.15, 0.2) is 36.9 Å². The van der Waals surface area contributed by atoms with Crippen LogP contribution in [0.3, 0.4) is 0 Å². The van der Waals surface area contributed by atoms with E-state index >= 15 is 0 Å². The van der Waals surface area contributed by atoms with Crippen molar-refractivity contribution in [2.75, 3.05) is 13.2 Å². The summed E-state index contributed by atoms with van der Waals surface area (Å²) in [5, 5.41) is 0. The highest BCUT2D eigenvalue weighted by molar-refractivity contribution is 5.97. The molecule has 0 aromatic heterocycles. The van der Waals surface area contributed by atoms with E-state index in [0.717, 1.165) is 0 Å². The number of halogens is 1. The van der Waals surface area contributed by atoms with Gasteiger partial charge in [-0.1, -0.05) is 18.2 Å². The van der Waals surface area contributed by atoms with E-state index in [4.69, 9.17) is 4.74 Å². The first-order valence-electron chi connectivity index (χ1n) is 4.71. The Morgan fingerprint density at radius 3 is 3.00 bits per heavy atom. The zero-order valence-corrected chi connectivity index (χ0v) is 8.41. The summed E-state index contributed by atoms with van der Waals surface area (Å²) < 4.78 is 17.9. The number of ether oxygens (including phenoxy) is 1. The normalized spacial score (nSPS) is 9.93. The quantitative estimate of drug-likeness (QED) is 0.408. The molecule has 0 aliphatic carbocycles. The van der Waals surface area contributed by atoms with Gasteiger partial charge < -0.3 is 4.74 Å². The fourth-order valence-corrected chi connectivity index (χ4v) is 1.08. The minimum Gasteiger partial charge on any atom is -0.373 e. The Morgan fingerprint density at radius 1 is 1.53 bits per heavy atom. The maximum Gasteiger partial charge on any atom is 0.188 e.